The van der Waals surface area contributed by atoms with Gasteiger partial charge in [-0.15, -0.1) is 53.8 Å². The van der Waals surface area contributed by atoms with Crippen LogP contribution in [0.3, 0.4) is 0 Å². The van der Waals surface area contributed by atoms with Gasteiger partial charge in [0.15, 0.2) is 0 Å². The first-order valence-corrected chi connectivity index (χ1v) is 10.9. The van der Waals surface area contributed by atoms with Gasteiger partial charge in [0.25, 0.3) is 0 Å². The number of hydrogen-bond donors (Lipinski definition) is 0. The van der Waals surface area contributed by atoms with Crippen molar-refractivity contribution in [2.24, 2.45) is 0 Å². The van der Waals surface area contributed by atoms with E-state index >= 15 is 0 Å². The number of benzene rings is 3. The van der Waals surface area contributed by atoms with Crippen molar-refractivity contribution in [2.75, 3.05) is 13.3 Å². The monoisotopic (exact) mass is 458 g/mol. The molecule has 0 saturated carbocycles. The molecule has 0 fully saturated rings. The Morgan fingerprint density at radius 1 is 0.857 bits per heavy atom. The van der Waals surface area contributed by atoms with E-state index in [2.05, 4.69) is 92.2 Å². The molecule has 0 heterocycles. The predicted octanol–water partition coefficient (Wildman–Crippen LogP) is -0.0110. The fraction of sp³-hybridized carbons (Fsp3) is 0.125. The topological polar surface area (TPSA) is 0 Å². The molecule has 0 amide bonds. The van der Waals surface area contributed by atoms with E-state index in [0.29, 0.717) is 0 Å². The van der Waals surface area contributed by atoms with Crippen LogP contribution in [0.5, 0.6) is 0 Å². The van der Waals surface area contributed by atoms with E-state index in [9.17, 15) is 0 Å². The summed E-state index contributed by atoms with van der Waals surface area (Å²) < 4.78 is 0. The number of rotatable bonds is 1. The zero-order valence-electron chi connectivity index (χ0n) is 15.9. The molecule has 0 nitrogen and oxygen atoms in total. The minimum atomic E-state index is 0. The molecule has 0 radical (unpaired) electrons. The van der Waals surface area contributed by atoms with Crippen molar-refractivity contribution in [1.82, 2.24) is 0 Å². The molecular formula is C24H21Cl2PTi. The molecule has 1 aliphatic rings. The van der Waals surface area contributed by atoms with Gasteiger partial charge in [-0.1, -0.05) is 41.5 Å². The van der Waals surface area contributed by atoms with E-state index in [1.807, 2.05) is 6.07 Å². The van der Waals surface area contributed by atoms with Gasteiger partial charge in [0.1, 0.15) is 0 Å². The summed E-state index contributed by atoms with van der Waals surface area (Å²) in [6.07, 6.45) is 1.05. The molecule has 4 aromatic rings. The average molecular weight is 459 g/mol. The van der Waals surface area contributed by atoms with Gasteiger partial charge in [0.2, 0.25) is 0 Å². The first kappa shape index (κ1) is 25.0. The van der Waals surface area contributed by atoms with Crippen molar-refractivity contribution in [3.63, 3.8) is 0 Å². The molecule has 0 atom stereocenters. The molecule has 0 saturated heterocycles. The Morgan fingerprint density at radius 2 is 1.54 bits per heavy atom. The number of halogens is 2. The first-order chi connectivity index (χ1) is 12.2. The predicted molar refractivity (Wildman–Crippen MR) is 111 cm³/mol. The van der Waals surface area contributed by atoms with Crippen molar-refractivity contribution in [1.29, 1.82) is 0 Å². The summed E-state index contributed by atoms with van der Waals surface area (Å²) in [7, 11) is 0.0576. The van der Waals surface area contributed by atoms with Crippen molar-refractivity contribution in [3.05, 3.63) is 96.1 Å². The van der Waals surface area contributed by atoms with Crippen LogP contribution in [0.2, 0.25) is 0 Å². The van der Waals surface area contributed by atoms with Gasteiger partial charge < -0.3 is 24.8 Å². The standard InChI is InChI=1S/C13H9.C11H12P.2ClH.Ti/c1-3-7-12-10(5-1)9-11-6-2-4-8-13(11)12;1-12(2)11-7-9-5-3-4-6-10(9)8-11;;;/h1-5,7-8H,9H2;3-8H,1-2H3;2*1H;/q2*-1;;;+4/p-2. The third-order valence-electron chi connectivity index (χ3n) is 4.74. The Bertz CT molecular complexity index is 947. The van der Waals surface area contributed by atoms with Gasteiger partial charge in [0.05, 0.1) is 0 Å². The molecule has 4 aromatic carbocycles. The SMILES string of the molecule is CP(C)c1cc2ccccc2[cH-]1.[Cl-].[Cl-].[Ti+4].[c-]1cccc2c1Cc1ccccc1-2. The van der Waals surface area contributed by atoms with Gasteiger partial charge in [0, 0.05) is 0 Å². The van der Waals surface area contributed by atoms with Crippen molar-refractivity contribution in [3.8, 4) is 11.1 Å². The normalized spacial score (nSPS) is 10.5. The second kappa shape index (κ2) is 11.2. The molecule has 0 N–H and O–H groups in total. The van der Waals surface area contributed by atoms with Gasteiger partial charge in [-0.05, 0) is 19.8 Å². The molecule has 0 unspecified atom stereocenters. The van der Waals surface area contributed by atoms with Crippen LogP contribution in [0, 0.1) is 6.07 Å². The minimum absolute atomic E-state index is 0. The van der Waals surface area contributed by atoms with Crippen LogP contribution in [0.15, 0.2) is 78.9 Å². The summed E-state index contributed by atoms with van der Waals surface area (Å²) in [6, 6.07) is 31.3. The average Bonchev–Trinajstić information content (AvgIpc) is 3.24. The minimum Gasteiger partial charge on any atom is -1.00 e. The summed E-state index contributed by atoms with van der Waals surface area (Å²) >= 11 is 0. The summed E-state index contributed by atoms with van der Waals surface area (Å²) in [5.74, 6) is 0. The maximum atomic E-state index is 3.30. The quantitative estimate of drug-likeness (QED) is 0.188. The zero-order chi connectivity index (χ0) is 17.2. The molecule has 0 aliphatic heterocycles. The van der Waals surface area contributed by atoms with Gasteiger partial charge >= 0.3 is 21.7 Å². The summed E-state index contributed by atoms with van der Waals surface area (Å²) in [6.45, 7) is 4.59. The largest absolute Gasteiger partial charge is 4.00 e. The van der Waals surface area contributed by atoms with E-state index in [4.69, 9.17) is 0 Å². The second-order valence-electron chi connectivity index (χ2n) is 6.63. The fourth-order valence-corrected chi connectivity index (χ4v) is 4.18. The fourth-order valence-electron chi connectivity index (χ4n) is 3.39. The molecule has 28 heavy (non-hydrogen) atoms. The Kier molecular flexibility index (Phi) is 10.1. The molecule has 0 aromatic heterocycles. The molecule has 5 rings (SSSR count). The Morgan fingerprint density at radius 3 is 2.29 bits per heavy atom. The van der Waals surface area contributed by atoms with Crippen LogP contribution in [0.1, 0.15) is 11.1 Å². The van der Waals surface area contributed by atoms with E-state index in [0.717, 1.165) is 6.42 Å². The molecule has 0 bridgehead atoms. The van der Waals surface area contributed by atoms with Crippen LogP contribution >= 0.6 is 7.92 Å². The molecule has 140 valence electrons. The third kappa shape index (κ3) is 5.32. The van der Waals surface area contributed by atoms with Gasteiger partial charge in [-0.2, -0.15) is 35.9 Å². The number of hydrogen-bond acceptors (Lipinski definition) is 0. The maximum absolute atomic E-state index is 3.30. The van der Waals surface area contributed by atoms with Crippen LogP contribution in [0.25, 0.3) is 21.9 Å². The summed E-state index contributed by atoms with van der Waals surface area (Å²) in [5.41, 5.74) is 5.51. The molecule has 4 heteroatoms. The van der Waals surface area contributed by atoms with E-state index < -0.39 is 0 Å². The Hall–Kier alpha value is -1.01. The third-order valence-corrected chi connectivity index (χ3v) is 6.03. The van der Waals surface area contributed by atoms with Crippen LogP contribution in [-0.2, 0) is 28.1 Å². The second-order valence-corrected chi connectivity index (χ2v) is 8.94. The Balaban J connectivity index is 0.000000254. The maximum Gasteiger partial charge on any atom is 4.00 e. The summed E-state index contributed by atoms with van der Waals surface area (Å²) in [4.78, 5) is 0. The number of fused-ring (bicyclic) bond motifs is 4. The molecule has 0 spiro atoms. The van der Waals surface area contributed by atoms with Crippen LogP contribution in [0.4, 0.5) is 0 Å². The molecule has 1 aliphatic carbocycles. The Labute approximate surface area is 196 Å². The van der Waals surface area contributed by atoms with Crippen molar-refractivity contribution in [2.45, 2.75) is 6.42 Å². The van der Waals surface area contributed by atoms with Crippen molar-refractivity contribution >= 4 is 24.0 Å². The van der Waals surface area contributed by atoms with Crippen molar-refractivity contribution < 1.29 is 46.5 Å². The smallest absolute Gasteiger partial charge is 1.00 e. The van der Waals surface area contributed by atoms with E-state index in [1.54, 1.807) is 0 Å². The first-order valence-electron chi connectivity index (χ1n) is 8.63. The van der Waals surface area contributed by atoms with Gasteiger partial charge in [-0.3, -0.25) is 0 Å². The van der Waals surface area contributed by atoms with E-state index in [1.165, 1.54) is 38.3 Å². The van der Waals surface area contributed by atoms with Gasteiger partial charge in [-0.25, -0.2) is 0 Å². The van der Waals surface area contributed by atoms with Crippen LogP contribution in [-0.4, -0.2) is 13.3 Å². The summed E-state index contributed by atoms with van der Waals surface area (Å²) in [5, 5.41) is 4.26. The molecular weight excluding hydrogens is 438 g/mol. The zero-order valence-corrected chi connectivity index (χ0v) is 19.9. The van der Waals surface area contributed by atoms with E-state index in [-0.39, 0.29) is 54.5 Å². The van der Waals surface area contributed by atoms with Crippen LogP contribution < -0.4 is 30.1 Å².